The van der Waals surface area contributed by atoms with Crippen molar-refractivity contribution in [3.8, 4) is 0 Å². The molecule has 0 saturated heterocycles. The molecule has 0 aliphatic rings. The van der Waals surface area contributed by atoms with Gasteiger partial charge in [0.2, 0.25) is 5.16 Å². The smallest absolute Gasteiger partial charge is 0.209 e. The Morgan fingerprint density at radius 3 is 2.65 bits per heavy atom. The van der Waals surface area contributed by atoms with Crippen LogP contribution in [-0.4, -0.2) is 31.7 Å². The maximum atomic E-state index is 11.9. The van der Waals surface area contributed by atoms with Gasteiger partial charge in [-0.3, -0.25) is 4.79 Å². The number of nitrogens with zero attached hydrogens (tertiary/aromatic N) is 4. The van der Waals surface area contributed by atoms with Gasteiger partial charge in [-0.2, -0.15) is 0 Å². The fraction of sp³-hybridized carbons (Fsp3) is 0.273. The van der Waals surface area contributed by atoms with Crippen LogP contribution in [-0.2, 0) is 7.05 Å². The number of ketones is 1. The van der Waals surface area contributed by atoms with Crippen molar-refractivity contribution in [2.75, 3.05) is 5.75 Å². The predicted molar refractivity (Wildman–Crippen MR) is 65.0 cm³/mol. The van der Waals surface area contributed by atoms with Crippen LogP contribution in [0.15, 0.2) is 29.4 Å². The molecule has 0 aliphatic heterocycles. The van der Waals surface area contributed by atoms with Crippen LogP contribution in [0.5, 0.6) is 0 Å². The molecule has 1 heterocycles. The summed E-state index contributed by atoms with van der Waals surface area (Å²) in [6, 6.07) is 7.55. The van der Waals surface area contributed by atoms with E-state index in [9.17, 15) is 4.79 Å². The molecule has 1 aromatic heterocycles. The molecule has 17 heavy (non-hydrogen) atoms. The van der Waals surface area contributed by atoms with Crippen LogP contribution in [0.2, 0.25) is 0 Å². The Morgan fingerprint density at radius 2 is 2.06 bits per heavy atom. The van der Waals surface area contributed by atoms with Crippen LogP contribution in [0.1, 0.15) is 15.9 Å². The molecule has 0 fully saturated rings. The van der Waals surface area contributed by atoms with E-state index in [1.807, 2.05) is 31.2 Å². The molecule has 6 heteroatoms. The molecule has 0 unspecified atom stereocenters. The normalized spacial score (nSPS) is 10.5. The van der Waals surface area contributed by atoms with Crippen molar-refractivity contribution in [2.24, 2.45) is 7.05 Å². The second-order valence-electron chi connectivity index (χ2n) is 3.66. The zero-order valence-electron chi connectivity index (χ0n) is 9.62. The molecule has 0 bridgehead atoms. The lowest BCUT2D eigenvalue weighted by Crippen LogP contribution is -2.03. The van der Waals surface area contributed by atoms with E-state index in [-0.39, 0.29) is 5.78 Å². The molecule has 0 aliphatic carbocycles. The van der Waals surface area contributed by atoms with Crippen LogP contribution in [0.4, 0.5) is 0 Å². The first-order valence-corrected chi connectivity index (χ1v) is 6.10. The minimum Gasteiger partial charge on any atom is -0.293 e. The number of Topliss-reactive ketones (excluding diaryl/α,β-unsaturated/α-hetero) is 1. The van der Waals surface area contributed by atoms with Crippen LogP contribution >= 0.6 is 11.8 Å². The Morgan fingerprint density at radius 1 is 1.35 bits per heavy atom. The molecule has 0 spiro atoms. The summed E-state index contributed by atoms with van der Waals surface area (Å²) in [4.78, 5) is 11.9. The Labute approximate surface area is 103 Å². The molecule has 1 aromatic carbocycles. The molecule has 0 amide bonds. The maximum Gasteiger partial charge on any atom is 0.209 e. The van der Waals surface area contributed by atoms with E-state index in [2.05, 4.69) is 15.5 Å². The molecule has 0 radical (unpaired) electrons. The Bertz CT molecular complexity index is 521. The van der Waals surface area contributed by atoms with Gasteiger partial charge in [0.25, 0.3) is 0 Å². The average molecular weight is 248 g/mol. The number of hydrogen-bond donors (Lipinski definition) is 0. The second-order valence-corrected chi connectivity index (χ2v) is 4.61. The molecule has 0 N–H and O–H groups in total. The van der Waals surface area contributed by atoms with Crippen molar-refractivity contribution >= 4 is 17.5 Å². The molecule has 5 nitrogen and oxygen atoms in total. The van der Waals surface area contributed by atoms with E-state index in [1.165, 1.54) is 11.8 Å². The van der Waals surface area contributed by atoms with Crippen molar-refractivity contribution in [3.05, 3.63) is 35.4 Å². The Kier molecular flexibility index (Phi) is 3.53. The summed E-state index contributed by atoms with van der Waals surface area (Å²) < 4.78 is 1.55. The number of aromatic nitrogens is 4. The second kappa shape index (κ2) is 5.09. The van der Waals surface area contributed by atoms with E-state index in [0.29, 0.717) is 10.9 Å². The molecule has 0 atom stereocenters. The number of carbonyl (C=O) groups is 1. The largest absolute Gasteiger partial charge is 0.293 e. The lowest BCUT2D eigenvalue weighted by Gasteiger charge is -2.00. The highest BCUT2D eigenvalue weighted by atomic mass is 32.2. The van der Waals surface area contributed by atoms with Gasteiger partial charge in [-0.15, -0.1) is 5.10 Å². The fourth-order valence-electron chi connectivity index (χ4n) is 1.30. The van der Waals surface area contributed by atoms with Crippen molar-refractivity contribution in [1.82, 2.24) is 20.2 Å². The summed E-state index contributed by atoms with van der Waals surface area (Å²) in [5.74, 6) is 0.426. The third kappa shape index (κ3) is 2.91. The number of aryl methyl sites for hydroxylation is 2. The molecular weight excluding hydrogens is 236 g/mol. The lowest BCUT2D eigenvalue weighted by molar-refractivity contribution is 0.102. The van der Waals surface area contributed by atoms with Crippen LogP contribution in [0.25, 0.3) is 0 Å². The van der Waals surface area contributed by atoms with E-state index < -0.39 is 0 Å². The number of rotatable bonds is 4. The number of thioether (sulfide) groups is 1. The number of benzene rings is 1. The average Bonchev–Trinajstić information content (AvgIpc) is 2.73. The highest BCUT2D eigenvalue weighted by Gasteiger charge is 2.09. The van der Waals surface area contributed by atoms with Crippen LogP contribution < -0.4 is 0 Å². The van der Waals surface area contributed by atoms with E-state index in [0.717, 1.165) is 11.1 Å². The van der Waals surface area contributed by atoms with Gasteiger partial charge in [0.05, 0.1) is 5.75 Å². The number of carbonyl (C=O) groups excluding carboxylic acids is 1. The zero-order chi connectivity index (χ0) is 12.3. The monoisotopic (exact) mass is 248 g/mol. The summed E-state index contributed by atoms with van der Waals surface area (Å²) in [7, 11) is 1.75. The van der Waals surface area contributed by atoms with Crippen LogP contribution in [0, 0.1) is 6.92 Å². The minimum atomic E-state index is 0.0815. The predicted octanol–water partition coefficient (Wildman–Crippen LogP) is 1.49. The van der Waals surface area contributed by atoms with Crippen molar-refractivity contribution in [3.63, 3.8) is 0 Å². The zero-order valence-corrected chi connectivity index (χ0v) is 10.4. The highest BCUT2D eigenvalue weighted by molar-refractivity contribution is 7.99. The van der Waals surface area contributed by atoms with E-state index in [1.54, 1.807) is 11.7 Å². The number of tetrazole rings is 1. The topological polar surface area (TPSA) is 60.7 Å². The van der Waals surface area contributed by atoms with Crippen LogP contribution in [0.3, 0.4) is 0 Å². The fourth-order valence-corrected chi connectivity index (χ4v) is 2.04. The van der Waals surface area contributed by atoms with Crippen molar-refractivity contribution in [2.45, 2.75) is 12.1 Å². The van der Waals surface area contributed by atoms with Gasteiger partial charge in [0, 0.05) is 12.6 Å². The molecular formula is C11H12N4OS. The van der Waals surface area contributed by atoms with Crippen molar-refractivity contribution < 1.29 is 4.79 Å². The minimum absolute atomic E-state index is 0.0815. The van der Waals surface area contributed by atoms with Gasteiger partial charge in [-0.1, -0.05) is 41.6 Å². The maximum absolute atomic E-state index is 11.9. The molecule has 0 saturated carbocycles. The quantitative estimate of drug-likeness (QED) is 0.606. The van der Waals surface area contributed by atoms with Gasteiger partial charge in [-0.25, -0.2) is 4.68 Å². The molecule has 2 aromatic rings. The molecule has 88 valence electrons. The lowest BCUT2D eigenvalue weighted by atomic mass is 10.1. The summed E-state index contributed by atoms with van der Waals surface area (Å²) in [6.45, 7) is 1.99. The summed E-state index contributed by atoms with van der Waals surface area (Å²) in [5.41, 5.74) is 1.87. The first-order valence-electron chi connectivity index (χ1n) is 5.12. The Hall–Kier alpha value is -1.69. The van der Waals surface area contributed by atoms with Gasteiger partial charge in [0.15, 0.2) is 5.78 Å². The summed E-state index contributed by atoms with van der Waals surface area (Å²) in [6.07, 6.45) is 0. The summed E-state index contributed by atoms with van der Waals surface area (Å²) in [5, 5.41) is 11.7. The van der Waals surface area contributed by atoms with E-state index in [4.69, 9.17) is 0 Å². The highest BCUT2D eigenvalue weighted by Crippen LogP contribution is 2.15. The third-order valence-electron chi connectivity index (χ3n) is 2.29. The SMILES string of the molecule is Cc1ccc(C(=O)CSc2nnnn2C)cc1. The third-order valence-corrected chi connectivity index (χ3v) is 3.30. The summed E-state index contributed by atoms with van der Waals surface area (Å²) >= 11 is 1.34. The van der Waals surface area contributed by atoms with Crippen molar-refractivity contribution in [1.29, 1.82) is 0 Å². The standard InChI is InChI=1S/C11H12N4OS/c1-8-3-5-9(6-4-8)10(16)7-17-11-12-13-14-15(11)2/h3-6H,7H2,1-2H3. The first kappa shape index (κ1) is 11.8. The molecule has 2 rings (SSSR count). The van der Waals surface area contributed by atoms with Gasteiger partial charge in [-0.05, 0) is 17.4 Å². The van der Waals surface area contributed by atoms with Gasteiger partial charge >= 0.3 is 0 Å². The van der Waals surface area contributed by atoms with Gasteiger partial charge < -0.3 is 0 Å². The number of hydrogen-bond acceptors (Lipinski definition) is 5. The van der Waals surface area contributed by atoms with Gasteiger partial charge in [0.1, 0.15) is 0 Å². The first-order chi connectivity index (χ1) is 8.16. The van der Waals surface area contributed by atoms with E-state index >= 15 is 0 Å². The Balaban J connectivity index is 1.98.